The van der Waals surface area contributed by atoms with E-state index in [-0.39, 0.29) is 17.5 Å². The van der Waals surface area contributed by atoms with E-state index in [1.807, 2.05) is 6.07 Å². The second-order valence-electron chi connectivity index (χ2n) is 7.74. The molecule has 26 heavy (non-hydrogen) atoms. The van der Waals surface area contributed by atoms with Gasteiger partial charge in [0.1, 0.15) is 5.82 Å². The highest BCUT2D eigenvalue weighted by Crippen LogP contribution is 2.37. The normalized spacial score (nSPS) is 23.3. The zero-order valence-corrected chi connectivity index (χ0v) is 16.0. The predicted octanol–water partition coefficient (Wildman–Crippen LogP) is 5.22. The fourth-order valence-corrected chi connectivity index (χ4v) is 4.08. The lowest BCUT2D eigenvalue weighted by Crippen LogP contribution is -2.48. The van der Waals surface area contributed by atoms with Crippen molar-refractivity contribution < 1.29 is 9.13 Å². The van der Waals surface area contributed by atoms with Crippen molar-refractivity contribution in [3.05, 3.63) is 71.5 Å². The molecule has 0 bridgehead atoms. The maximum absolute atomic E-state index is 13.3. The van der Waals surface area contributed by atoms with Gasteiger partial charge >= 0.3 is 0 Å². The summed E-state index contributed by atoms with van der Waals surface area (Å²) in [5, 5.41) is 0. The summed E-state index contributed by atoms with van der Waals surface area (Å²) in [7, 11) is 4.41. The van der Waals surface area contributed by atoms with E-state index in [9.17, 15) is 4.39 Å². The molecule has 1 aliphatic rings. The van der Waals surface area contributed by atoms with Crippen molar-refractivity contribution in [2.75, 3.05) is 14.1 Å². The molecule has 0 heterocycles. The third-order valence-electron chi connectivity index (χ3n) is 5.91. The fourth-order valence-electron chi connectivity index (χ4n) is 4.08. The number of nitrogens with zero attached hydrogens (tertiary/aromatic N) is 1. The predicted molar refractivity (Wildman–Crippen MR) is 105 cm³/mol. The minimum Gasteiger partial charge on any atom is -0.374 e. The molecule has 0 N–H and O–H groups in total. The van der Waals surface area contributed by atoms with Gasteiger partial charge in [-0.15, -0.1) is 0 Å². The molecule has 0 saturated heterocycles. The number of ether oxygens (including phenoxy) is 1. The summed E-state index contributed by atoms with van der Waals surface area (Å²) >= 11 is 0. The van der Waals surface area contributed by atoms with Crippen molar-refractivity contribution >= 4 is 0 Å². The lowest BCUT2D eigenvalue weighted by atomic mass is 9.76. The van der Waals surface area contributed by atoms with E-state index in [0.29, 0.717) is 6.61 Å². The van der Waals surface area contributed by atoms with E-state index in [4.69, 9.17) is 4.74 Å². The Morgan fingerprint density at radius 2 is 1.69 bits per heavy atom. The molecule has 0 aromatic heterocycles. The van der Waals surface area contributed by atoms with Gasteiger partial charge in [-0.1, -0.05) is 42.5 Å². The summed E-state index contributed by atoms with van der Waals surface area (Å²) in [6.07, 6.45) is 7.03. The maximum atomic E-state index is 13.3. The largest absolute Gasteiger partial charge is 0.374 e. The third-order valence-corrected chi connectivity index (χ3v) is 5.91. The number of hydrogen-bond acceptors (Lipinski definition) is 2. The van der Waals surface area contributed by atoms with Crippen LogP contribution in [-0.2, 0) is 17.8 Å². The van der Waals surface area contributed by atoms with E-state index < -0.39 is 0 Å². The van der Waals surface area contributed by atoms with Crippen molar-refractivity contribution in [3.63, 3.8) is 0 Å². The van der Waals surface area contributed by atoms with Crippen LogP contribution in [0.25, 0.3) is 0 Å². The lowest BCUT2D eigenvalue weighted by molar-refractivity contribution is -0.0255. The molecular formula is C23H30FNO. The average Bonchev–Trinajstić information content (AvgIpc) is 2.66. The quantitative estimate of drug-likeness (QED) is 0.675. The van der Waals surface area contributed by atoms with E-state index in [0.717, 1.165) is 37.7 Å². The molecule has 140 valence electrons. The summed E-state index contributed by atoms with van der Waals surface area (Å²) in [6.45, 7) is 0.501. The number of hydrogen-bond donors (Lipinski definition) is 0. The molecule has 3 heteroatoms. The number of benzene rings is 2. The van der Waals surface area contributed by atoms with Crippen LogP contribution in [-0.4, -0.2) is 30.6 Å². The molecule has 1 aliphatic carbocycles. The van der Waals surface area contributed by atoms with E-state index in [2.05, 4.69) is 49.3 Å². The summed E-state index contributed by atoms with van der Waals surface area (Å²) in [6, 6.07) is 17.5. The van der Waals surface area contributed by atoms with Crippen LogP contribution in [0.4, 0.5) is 4.39 Å². The van der Waals surface area contributed by atoms with Gasteiger partial charge in [0.25, 0.3) is 0 Å². The summed E-state index contributed by atoms with van der Waals surface area (Å²) in [5.41, 5.74) is 2.59. The first-order valence-electron chi connectivity index (χ1n) is 9.65. The van der Waals surface area contributed by atoms with Crippen molar-refractivity contribution in [2.45, 2.75) is 56.8 Å². The van der Waals surface area contributed by atoms with Gasteiger partial charge in [0, 0.05) is 5.54 Å². The Bertz CT molecular complexity index is 678. The van der Waals surface area contributed by atoms with Crippen LogP contribution in [0, 0.1) is 5.82 Å². The van der Waals surface area contributed by atoms with Crippen molar-refractivity contribution in [1.29, 1.82) is 0 Å². The Morgan fingerprint density at radius 3 is 2.35 bits per heavy atom. The van der Waals surface area contributed by atoms with E-state index in [1.165, 1.54) is 18.1 Å². The molecule has 1 fully saturated rings. The van der Waals surface area contributed by atoms with Gasteiger partial charge in [0.2, 0.25) is 0 Å². The minimum absolute atomic E-state index is 0.192. The second kappa shape index (κ2) is 8.79. The topological polar surface area (TPSA) is 12.5 Å². The van der Waals surface area contributed by atoms with Crippen LogP contribution in [0.15, 0.2) is 54.6 Å². The molecule has 0 amide bonds. The van der Waals surface area contributed by atoms with Crippen LogP contribution in [0.5, 0.6) is 0 Å². The Morgan fingerprint density at radius 1 is 1.00 bits per heavy atom. The highest BCUT2D eigenvalue weighted by atomic mass is 19.1. The van der Waals surface area contributed by atoms with Gasteiger partial charge < -0.3 is 9.64 Å². The van der Waals surface area contributed by atoms with Crippen molar-refractivity contribution in [3.8, 4) is 0 Å². The Balaban J connectivity index is 1.52. The Labute approximate surface area is 157 Å². The first-order chi connectivity index (χ1) is 12.6. The number of halogens is 1. The lowest BCUT2D eigenvalue weighted by Gasteiger charge is -2.45. The highest BCUT2D eigenvalue weighted by molar-refractivity contribution is 5.16. The summed E-state index contributed by atoms with van der Waals surface area (Å²) < 4.78 is 19.4. The van der Waals surface area contributed by atoms with Crippen LogP contribution < -0.4 is 0 Å². The van der Waals surface area contributed by atoms with Crippen LogP contribution in [0.1, 0.15) is 43.2 Å². The monoisotopic (exact) mass is 355 g/mol. The molecule has 0 atom stereocenters. The molecule has 0 aliphatic heterocycles. The SMILES string of the molecule is CN(C)C1(CCc2ccccc2)CCC(OCc2cccc(F)c2)CC1. The molecule has 0 spiro atoms. The van der Waals surface area contributed by atoms with Gasteiger partial charge in [-0.3, -0.25) is 0 Å². The van der Waals surface area contributed by atoms with Crippen molar-refractivity contribution in [2.24, 2.45) is 0 Å². The van der Waals surface area contributed by atoms with Gasteiger partial charge in [-0.05, 0) is 75.9 Å². The number of rotatable bonds is 7. The maximum Gasteiger partial charge on any atom is 0.123 e. The molecule has 0 unspecified atom stereocenters. The molecule has 2 aromatic rings. The highest BCUT2D eigenvalue weighted by Gasteiger charge is 2.37. The third kappa shape index (κ3) is 4.93. The number of aryl methyl sites for hydroxylation is 1. The average molecular weight is 355 g/mol. The second-order valence-corrected chi connectivity index (χ2v) is 7.74. The van der Waals surface area contributed by atoms with Gasteiger partial charge in [-0.25, -0.2) is 4.39 Å². The first kappa shape index (κ1) is 19.1. The van der Waals surface area contributed by atoms with E-state index >= 15 is 0 Å². The fraction of sp³-hybridized carbons (Fsp3) is 0.478. The molecule has 2 nitrogen and oxygen atoms in total. The standard InChI is InChI=1S/C23H30FNO/c1-25(2)23(14-11-19-7-4-3-5-8-19)15-12-22(13-16-23)26-18-20-9-6-10-21(24)17-20/h3-10,17,22H,11-16,18H2,1-2H3. The Kier molecular flexibility index (Phi) is 6.44. The van der Waals surface area contributed by atoms with Gasteiger partial charge in [-0.2, -0.15) is 0 Å². The molecule has 2 aromatic carbocycles. The van der Waals surface area contributed by atoms with Crippen molar-refractivity contribution in [1.82, 2.24) is 4.90 Å². The van der Waals surface area contributed by atoms with Gasteiger partial charge in [0.15, 0.2) is 0 Å². The molecule has 0 radical (unpaired) electrons. The van der Waals surface area contributed by atoms with Crippen LogP contribution in [0.2, 0.25) is 0 Å². The molecule has 1 saturated carbocycles. The minimum atomic E-state index is -0.192. The Hall–Kier alpha value is -1.71. The van der Waals surface area contributed by atoms with Crippen LogP contribution in [0.3, 0.4) is 0 Å². The van der Waals surface area contributed by atoms with Crippen LogP contribution >= 0.6 is 0 Å². The molecular weight excluding hydrogens is 325 g/mol. The first-order valence-corrected chi connectivity index (χ1v) is 9.65. The van der Waals surface area contributed by atoms with E-state index in [1.54, 1.807) is 12.1 Å². The zero-order valence-electron chi connectivity index (χ0n) is 16.0. The summed E-state index contributed by atoms with van der Waals surface area (Å²) in [5.74, 6) is -0.192. The van der Waals surface area contributed by atoms with Gasteiger partial charge in [0.05, 0.1) is 12.7 Å². The molecule has 3 rings (SSSR count). The smallest absolute Gasteiger partial charge is 0.123 e. The zero-order chi connectivity index (χ0) is 18.4. The summed E-state index contributed by atoms with van der Waals surface area (Å²) in [4.78, 5) is 2.42.